The van der Waals surface area contributed by atoms with E-state index in [9.17, 15) is 0 Å². The minimum atomic E-state index is 0.478. The van der Waals surface area contributed by atoms with Gasteiger partial charge in [0.05, 0.1) is 0 Å². The fraction of sp³-hybridized carbons (Fsp3) is 0.588. The zero-order valence-corrected chi connectivity index (χ0v) is 12.1. The van der Waals surface area contributed by atoms with Crippen molar-refractivity contribution in [2.75, 3.05) is 11.4 Å². The van der Waals surface area contributed by atoms with Crippen molar-refractivity contribution in [3.05, 3.63) is 30.3 Å². The third kappa shape index (κ3) is 3.82. The van der Waals surface area contributed by atoms with Crippen LogP contribution in [-0.4, -0.2) is 12.4 Å². The van der Waals surface area contributed by atoms with E-state index >= 15 is 0 Å². The highest BCUT2D eigenvalue weighted by molar-refractivity contribution is 5.97. The van der Waals surface area contributed by atoms with E-state index in [1.807, 2.05) is 6.07 Å². The number of hydrogen-bond acceptors (Lipinski definition) is 1. The van der Waals surface area contributed by atoms with Gasteiger partial charge in [-0.2, -0.15) is 0 Å². The number of anilines is 1. The van der Waals surface area contributed by atoms with Crippen LogP contribution in [0.25, 0.3) is 0 Å². The Morgan fingerprint density at radius 2 is 1.84 bits per heavy atom. The number of unbranched alkanes of at least 4 members (excludes halogenated alkanes) is 1. The van der Waals surface area contributed by atoms with Crippen LogP contribution in [-0.2, 0) is 0 Å². The summed E-state index contributed by atoms with van der Waals surface area (Å²) in [5.41, 5.74) is 1.19. The van der Waals surface area contributed by atoms with Gasteiger partial charge in [-0.05, 0) is 31.4 Å². The van der Waals surface area contributed by atoms with Gasteiger partial charge in [0.1, 0.15) is 5.84 Å². The summed E-state index contributed by atoms with van der Waals surface area (Å²) in [7, 11) is 0. The summed E-state index contributed by atoms with van der Waals surface area (Å²) in [5.74, 6) is 1.32. The highest BCUT2D eigenvalue weighted by Crippen LogP contribution is 2.28. The Morgan fingerprint density at radius 1 is 1.16 bits per heavy atom. The van der Waals surface area contributed by atoms with Crippen LogP contribution in [0.3, 0.4) is 0 Å². The van der Waals surface area contributed by atoms with Gasteiger partial charge < -0.3 is 4.90 Å². The zero-order chi connectivity index (χ0) is 13.5. The molecule has 0 heterocycles. The van der Waals surface area contributed by atoms with E-state index in [0.29, 0.717) is 5.92 Å². The minimum Gasteiger partial charge on any atom is -0.330 e. The summed E-state index contributed by atoms with van der Waals surface area (Å²) in [5, 5.41) is 8.58. The lowest BCUT2D eigenvalue weighted by atomic mass is 9.87. The van der Waals surface area contributed by atoms with Crippen molar-refractivity contribution in [1.29, 1.82) is 5.41 Å². The molecule has 2 nitrogen and oxygen atoms in total. The van der Waals surface area contributed by atoms with E-state index in [1.54, 1.807) is 0 Å². The van der Waals surface area contributed by atoms with Gasteiger partial charge in [-0.3, -0.25) is 5.41 Å². The molecule has 1 saturated carbocycles. The van der Waals surface area contributed by atoms with Crippen molar-refractivity contribution >= 4 is 11.5 Å². The first-order valence-electron chi connectivity index (χ1n) is 7.74. The number of amidine groups is 1. The van der Waals surface area contributed by atoms with Crippen LogP contribution in [0.1, 0.15) is 51.9 Å². The fourth-order valence-electron chi connectivity index (χ4n) is 2.91. The van der Waals surface area contributed by atoms with E-state index in [0.717, 1.165) is 18.8 Å². The maximum Gasteiger partial charge on any atom is 0.103 e. The molecular weight excluding hydrogens is 232 g/mol. The number of benzene rings is 1. The lowest BCUT2D eigenvalue weighted by molar-refractivity contribution is 0.433. The fourth-order valence-corrected chi connectivity index (χ4v) is 2.91. The largest absolute Gasteiger partial charge is 0.330 e. The second-order valence-electron chi connectivity index (χ2n) is 5.56. The highest BCUT2D eigenvalue weighted by Gasteiger charge is 2.23. The van der Waals surface area contributed by atoms with E-state index in [2.05, 4.69) is 36.1 Å². The average Bonchev–Trinajstić information content (AvgIpc) is 2.49. The number of nitrogens with zero attached hydrogens (tertiary/aromatic N) is 1. The van der Waals surface area contributed by atoms with Gasteiger partial charge in [0.25, 0.3) is 0 Å². The van der Waals surface area contributed by atoms with Crippen LogP contribution in [0, 0.1) is 11.3 Å². The molecule has 1 aliphatic carbocycles. The minimum absolute atomic E-state index is 0.478. The van der Waals surface area contributed by atoms with E-state index in [4.69, 9.17) is 5.41 Å². The van der Waals surface area contributed by atoms with Crippen molar-refractivity contribution in [3.8, 4) is 0 Å². The Bertz CT molecular complexity index is 380. The number of para-hydroxylation sites is 1. The second kappa shape index (κ2) is 7.32. The predicted octanol–water partition coefficient (Wildman–Crippen LogP) is 4.85. The smallest absolute Gasteiger partial charge is 0.103 e. The molecule has 0 unspecified atom stereocenters. The number of hydrogen-bond donors (Lipinski definition) is 1. The summed E-state index contributed by atoms with van der Waals surface area (Å²) in [6.07, 6.45) is 8.69. The molecule has 0 bridgehead atoms. The van der Waals surface area contributed by atoms with Crippen LogP contribution >= 0.6 is 0 Å². The molecule has 0 saturated heterocycles. The molecule has 104 valence electrons. The maximum atomic E-state index is 8.58. The molecule has 0 spiro atoms. The molecule has 1 fully saturated rings. The third-order valence-electron chi connectivity index (χ3n) is 4.09. The SMILES string of the molecule is CCCCN(C(=N)C1CCCCC1)c1ccccc1. The average molecular weight is 258 g/mol. The van der Waals surface area contributed by atoms with Gasteiger partial charge in [0.2, 0.25) is 0 Å². The first kappa shape index (κ1) is 14.1. The predicted molar refractivity (Wildman–Crippen MR) is 83.0 cm³/mol. The van der Waals surface area contributed by atoms with Crippen molar-refractivity contribution in [2.45, 2.75) is 51.9 Å². The van der Waals surface area contributed by atoms with Crippen LogP contribution < -0.4 is 4.90 Å². The van der Waals surface area contributed by atoms with Crippen LogP contribution in [0.5, 0.6) is 0 Å². The van der Waals surface area contributed by atoms with Gasteiger partial charge in [0.15, 0.2) is 0 Å². The summed E-state index contributed by atoms with van der Waals surface area (Å²) in [6.45, 7) is 3.20. The zero-order valence-electron chi connectivity index (χ0n) is 12.1. The summed E-state index contributed by atoms with van der Waals surface area (Å²) >= 11 is 0. The Morgan fingerprint density at radius 3 is 2.47 bits per heavy atom. The first-order valence-corrected chi connectivity index (χ1v) is 7.74. The van der Waals surface area contributed by atoms with E-state index < -0.39 is 0 Å². The van der Waals surface area contributed by atoms with Crippen molar-refractivity contribution < 1.29 is 0 Å². The van der Waals surface area contributed by atoms with Gasteiger partial charge in [0, 0.05) is 18.2 Å². The molecule has 2 heteroatoms. The molecular formula is C17H26N2. The maximum absolute atomic E-state index is 8.58. The van der Waals surface area contributed by atoms with E-state index in [-0.39, 0.29) is 0 Å². The van der Waals surface area contributed by atoms with Crippen molar-refractivity contribution in [1.82, 2.24) is 0 Å². The Hall–Kier alpha value is -1.31. The molecule has 0 aromatic heterocycles. The van der Waals surface area contributed by atoms with E-state index in [1.165, 1.54) is 44.2 Å². The Kier molecular flexibility index (Phi) is 5.44. The molecule has 1 N–H and O–H groups in total. The lowest BCUT2D eigenvalue weighted by Crippen LogP contribution is -2.37. The number of nitrogens with one attached hydrogen (secondary N) is 1. The Balaban J connectivity index is 2.10. The molecule has 2 rings (SSSR count). The van der Waals surface area contributed by atoms with Crippen LogP contribution in [0.2, 0.25) is 0 Å². The molecule has 1 aromatic carbocycles. The van der Waals surface area contributed by atoms with Crippen molar-refractivity contribution in [3.63, 3.8) is 0 Å². The van der Waals surface area contributed by atoms with Gasteiger partial charge >= 0.3 is 0 Å². The molecule has 1 aliphatic rings. The lowest BCUT2D eigenvalue weighted by Gasteiger charge is -2.32. The standard InChI is InChI=1S/C17H26N2/c1-2-3-14-19(16-12-8-5-9-13-16)17(18)15-10-6-4-7-11-15/h5,8-9,12-13,15,18H,2-4,6-7,10-11,14H2,1H3. The molecule has 1 aromatic rings. The molecule has 0 atom stereocenters. The van der Waals surface area contributed by atoms with Crippen LogP contribution in [0.4, 0.5) is 5.69 Å². The first-order chi connectivity index (χ1) is 9.33. The monoisotopic (exact) mass is 258 g/mol. The normalized spacial score (nSPS) is 16.3. The van der Waals surface area contributed by atoms with Crippen LogP contribution in [0.15, 0.2) is 30.3 Å². The third-order valence-corrected chi connectivity index (χ3v) is 4.09. The van der Waals surface area contributed by atoms with Gasteiger partial charge in [-0.25, -0.2) is 0 Å². The van der Waals surface area contributed by atoms with Crippen molar-refractivity contribution in [2.24, 2.45) is 5.92 Å². The topological polar surface area (TPSA) is 27.1 Å². The molecule has 19 heavy (non-hydrogen) atoms. The molecule has 0 radical (unpaired) electrons. The highest BCUT2D eigenvalue weighted by atomic mass is 15.2. The second-order valence-corrected chi connectivity index (χ2v) is 5.56. The quantitative estimate of drug-likeness (QED) is 0.593. The summed E-state index contributed by atoms with van der Waals surface area (Å²) in [4.78, 5) is 2.24. The molecule has 0 amide bonds. The molecule has 0 aliphatic heterocycles. The summed E-state index contributed by atoms with van der Waals surface area (Å²) in [6, 6.07) is 10.5. The summed E-state index contributed by atoms with van der Waals surface area (Å²) < 4.78 is 0. The number of rotatable bonds is 5. The Labute approximate surface area is 117 Å². The van der Waals surface area contributed by atoms with Gasteiger partial charge in [-0.1, -0.05) is 50.8 Å². The van der Waals surface area contributed by atoms with Gasteiger partial charge in [-0.15, -0.1) is 0 Å².